The van der Waals surface area contributed by atoms with Crippen molar-refractivity contribution in [3.8, 4) is 22.6 Å². The average Bonchev–Trinajstić information content (AvgIpc) is 2.86. The summed E-state index contributed by atoms with van der Waals surface area (Å²) in [6.45, 7) is 6.37. The molecule has 4 aromatic rings. The SMILES string of the molecule is C/C=C\C=C/C(C)N(c1ccc(-c2cc(Cl)nc(-c3ccccc3)n2)cc1)c1ccccc1C. The molecule has 0 N–H and O–H groups in total. The predicted octanol–water partition coefficient (Wildman–Crippen LogP) is 8.43. The van der Waals surface area contributed by atoms with Gasteiger partial charge in [-0.1, -0.05) is 96.6 Å². The second kappa shape index (κ2) is 11.0. The molecule has 1 aromatic heterocycles. The Hall–Kier alpha value is -3.69. The van der Waals surface area contributed by atoms with Crippen LogP contribution in [0.3, 0.4) is 0 Å². The molecule has 0 aliphatic carbocycles. The Balaban J connectivity index is 1.71. The highest BCUT2D eigenvalue weighted by Crippen LogP contribution is 2.33. The van der Waals surface area contributed by atoms with E-state index in [0.717, 1.165) is 22.5 Å². The first-order valence-electron chi connectivity index (χ1n) is 11.4. The summed E-state index contributed by atoms with van der Waals surface area (Å²) in [5, 5.41) is 0.428. The fourth-order valence-corrected chi connectivity index (χ4v) is 4.11. The van der Waals surface area contributed by atoms with E-state index in [4.69, 9.17) is 16.6 Å². The van der Waals surface area contributed by atoms with Crippen LogP contribution in [-0.2, 0) is 0 Å². The van der Waals surface area contributed by atoms with Gasteiger partial charge in [0.2, 0.25) is 0 Å². The number of hydrogen-bond acceptors (Lipinski definition) is 3. The normalized spacial score (nSPS) is 12.4. The summed E-state index contributed by atoms with van der Waals surface area (Å²) in [5.74, 6) is 0.622. The number of allylic oxidation sites excluding steroid dienone is 3. The van der Waals surface area contributed by atoms with Crippen LogP contribution >= 0.6 is 11.6 Å². The lowest BCUT2D eigenvalue weighted by molar-refractivity contribution is 0.860. The summed E-state index contributed by atoms with van der Waals surface area (Å²) in [4.78, 5) is 11.5. The molecule has 1 unspecified atom stereocenters. The summed E-state index contributed by atoms with van der Waals surface area (Å²) in [5.41, 5.74) is 6.26. The van der Waals surface area contributed by atoms with Crippen LogP contribution in [-0.4, -0.2) is 16.0 Å². The molecule has 170 valence electrons. The molecule has 0 aliphatic heterocycles. The minimum absolute atomic E-state index is 0.168. The molecule has 4 rings (SSSR count). The number of aromatic nitrogens is 2. The number of aryl methyl sites for hydroxylation is 1. The van der Waals surface area contributed by atoms with Gasteiger partial charge in [0.15, 0.2) is 5.82 Å². The zero-order valence-electron chi connectivity index (χ0n) is 19.7. The van der Waals surface area contributed by atoms with Gasteiger partial charge in [-0.3, -0.25) is 0 Å². The van der Waals surface area contributed by atoms with Gasteiger partial charge in [0, 0.05) is 34.6 Å². The predicted molar refractivity (Wildman–Crippen MR) is 145 cm³/mol. The fourth-order valence-electron chi connectivity index (χ4n) is 3.92. The highest BCUT2D eigenvalue weighted by atomic mass is 35.5. The van der Waals surface area contributed by atoms with E-state index in [1.807, 2.05) is 49.4 Å². The van der Waals surface area contributed by atoms with E-state index < -0.39 is 0 Å². The van der Waals surface area contributed by atoms with E-state index in [-0.39, 0.29) is 6.04 Å². The summed E-state index contributed by atoms with van der Waals surface area (Å²) in [6.07, 6.45) is 8.39. The lowest BCUT2D eigenvalue weighted by Gasteiger charge is -2.31. The molecular weight excluding hydrogens is 438 g/mol. The van der Waals surface area contributed by atoms with E-state index in [2.05, 4.69) is 90.5 Å². The average molecular weight is 466 g/mol. The largest absolute Gasteiger partial charge is 0.335 e. The number of nitrogens with zero attached hydrogens (tertiary/aromatic N) is 3. The summed E-state index contributed by atoms with van der Waals surface area (Å²) in [6, 6.07) is 28.8. The lowest BCUT2D eigenvalue weighted by atomic mass is 10.1. The van der Waals surface area contributed by atoms with Crippen molar-refractivity contribution in [1.29, 1.82) is 0 Å². The van der Waals surface area contributed by atoms with Gasteiger partial charge in [0.05, 0.1) is 5.69 Å². The number of halogens is 1. The summed E-state index contributed by atoms with van der Waals surface area (Å²) < 4.78 is 0. The smallest absolute Gasteiger partial charge is 0.161 e. The molecule has 0 spiro atoms. The third-order valence-corrected chi connectivity index (χ3v) is 5.84. The molecule has 0 fully saturated rings. The van der Waals surface area contributed by atoms with Crippen LogP contribution in [0.5, 0.6) is 0 Å². The molecule has 3 aromatic carbocycles. The Morgan fingerprint density at radius 3 is 2.24 bits per heavy atom. The molecule has 0 radical (unpaired) electrons. The van der Waals surface area contributed by atoms with Crippen molar-refractivity contribution in [2.24, 2.45) is 0 Å². The Morgan fingerprint density at radius 1 is 0.824 bits per heavy atom. The van der Waals surface area contributed by atoms with Crippen molar-refractivity contribution in [2.45, 2.75) is 26.8 Å². The van der Waals surface area contributed by atoms with Gasteiger partial charge < -0.3 is 4.90 Å². The molecule has 3 nitrogen and oxygen atoms in total. The van der Waals surface area contributed by atoms with Crippen LogP contribution < -0.4 is 4.90 Å². The van der Waals surface area contributed by atoms with Crippen LogP contribution in [0.25, 0.3) is 22.6 Å². The molecule has 0 aliphatic rings. The number of benzene rings is 3. The van der Waals surface area contributed by atoms with Crippen LogP contribution in [0.1, 0.15) is 19.4 Å². The maximum atomic E-state index is 6.36. The highest BCUT2D eigenvalue weighted by Gasteiger charge is 2.17. The van der Waals surface area contributed by atoms with Crippen molar-refractivity contribution >= 4 is 23.0 Å². The maximum absolute atomic E-state index is 6.36. The van der Waals surface area contributed by atoms with Gasteiger partial charge in [-0.2, -0.15) is 0 Å². The van der Waals surface area contributed by atoms with E-state index in [1.165, 1.54) is 11.3 Å². The molecule has 0 amide bonds. The van der Waals surface area contributed by atoms with Crippen LogP contribution in [0.2, 0.25) is 5.15 Å². The highest BCUT2D eigenvalue weighted by molar-refractivity contribution is 6.29. The summed E-state index contributed by atoms with van der Waals surface area (Å²) >= 11 is 6.36. The standard InChI is InChI=1S/C30H28ClN3/c1-4-5-7-13-23(3)34(28-16-11-10-12-22(28)2)26-19-17-24(18-20-26)27-21-29(31)33-30(32-27)25-14-8-6-9-15-25/h4-21,23H,1-3H3/b5-4-,13-7-. The second-order valence-corrected chi connectivity index (χ2v) is 8.51. The topological polar surface area (TPSA) is 29.0 Å². The second-order valence-electron chi connectivity index (χ2n) is 8.12. The molecule has 0 saturated carbocycles. The molecule has 1 heterocycles. The first-order chi connectivity index (χ1) is 16.6. The molecular formula is C30H28ClN3. The van der Waals surface area contributed by atoms with Crippen molar-refractivity contribution in [2.75, 3.05) is 4.90 Å². The van der Waals surface area contributed by atoms with E-state index in [9.17, 15) is 0 Å². The Labute approximate surface area is 207 Å². The van der Waals surface area contributed by atoms with E-state index in [1.54, 1.807) is 0 Å². The van der Waals surface area contributed by atoms with Crippen molar-refractivity contribution < 1.29 is 0 Å². The Kier molecular flexibility index (Phi) is 7.56. The summed E-state index contributed by atoms with van der Waals surface area (Å²) in [7, 11) is 0. The van der Waals surface area contributed by atoms with Gasteiger partial charge in [-0.25, -0.2) is 9.97 Å². The number of anilines is 2. The third-order valence-electron chi connectivity index (χ3n) is 5.64. The molecule has 34 heavy (non-hydrogen) atoms. The van der Waals surface area contributed by atoms with Crippen LogP contribution in [0.4, 0.5) is 11.4 Å². The van der Waals surface area contributed by atoms with Gasteiger partial charge in [0.25, 0.3) is 0 Å². The first kappa shape index (κ1) is 23.5. The number of para-hydroxylation sites is 1. The molecule has 0 bridgehead atoms. The zero-order chi connectivity index (χ0) is 23.9. The zero-order valence-corrected chi connectivity index (χ0v) is 20.4. The van der Waals surface area contributed by atoms with Crippen molar-refractivity contribution in [3.05, 3.63) is 120 Å². The van der Waals surface area contributed by atoms with Crippen molar-refractivity contribution in [3.63, 3.8) is 0 Å². The number of rotatable bonds is 7. The van der Waals surface area contributed by atoms with Gasteiger partial charge in [0.1, 0.15) is 5.15 Å². The maximum Gasteiger partial charge on any atom is 0.161 e. The number of hydrogen-bond donors (Lipinski definition) is 0. The molecule has 0 saturated heterocycles. The van der Waals surface area contributed by atoms with Gasteiger partial charge >= 0.3 is 0 Å². The van der Waals surface area contributed by atoms with E-state index in [0.29, 0.717) is 11.0 Å². The van der Waals surface area contributed by atoms with Crippen molar-refractivity contribution in [1.82, 2.24) is 9.97 Å². The Bertz CT molecular complexity index is 1290. The minimum atomic E-state index is 0.168. The molecule has 1 atom stereocenters. The van der Waals surface area contributed by atoms with Gasteiger partial charge in [-0.05, 0) is 44.5 Å². The Morgan fingerprint density at radius 2 is 1.53 bits per heavy atom. The monoisotopic (exact) mass is 465 g/mol. The molecule has 4 heteroatoms. The van der Waals surface area contributed by atoms with Crippen LogP contribution in [0, 0.1) is 6.92 Å². The minimum Gasteiger partial charge on any atom is -0.335 e. The first-order valence-corrected chi connectivity index (χ1v) is 11.8. The van der Waals surface area contributed by atoms with Gasteiger partial charge in [-0.15, -0.1) is 0 Å². The fraction of sp³-hybridized carbons (Fsp3) is 0.133. The van der Waals surface area contributed by atoms with Crippen LogP contribution in [0.15, 0.2) is 109 Å². The quantitative estimate of drug-likeness (QED) is 0.202. The lowest BCUT2D eigenvalue weighted by Crippen LogP contribution is -2.27. The third kappa shape index (κ3) is 5.44. The van der Waals surface area contributed by atoms with E-state index >= 15 is 0 Å².